The quantitative estimate of drug-likeness (QED) is 0.883. The van der Waals surface area contributed by atoms with Crippen molar-refractivity contribution in [2.24, 2.45) is 0 Å². The van der Waals surface area contributed by atoms with Gasteiger partial charge in [0.25, 0.3) is 0 Å². The van der Waals surface area contributed by atoms with Gasteiger partial charge in [0.1, 0.15) is 0 Å². The molecule has 4 heteroatoms. The minimum atomic E-state index is 0.473. The molecule has 1 aromatic rings. The lowest BCUT2D eigenvalue weighted by molar-refractivity contribution is 0.0868. The summed E-state index contributed by atoms with van der Waals surface area (Å²) in [6, 6.07) is 6.77. The standard InChI is InChI=1S/C14H20ClN3/c1-17-6-8-18(9-7-17)16-14-5-2-11-10-12(15)3-4-13(11)14/h3-4,10,14,16H,2,5-9H2,1H3. The van der Waals surface area contributed by atoms with Gasteiger partial charge in [0.15, 0.2) is 0 Å². The largest absolute Gasteiger partial charge is 0.304 e. The minimum Gasteiger partial charge on any atom is -0.304 e. The number of nitrogens with zero attached hydrogens (tertiary/aromatic N) is 2. The molecule has 1 saturated heterocycles. The Kier molecular flexibility index (Phi) is 3.57. The lowest BCUT2D eigenvalue weighted by atomic mass is 10.1. The van der Waals surface area contributed by atoms with E-state index < -0.39 is 0 Å². The number of piperazine rings is 1. The first-order chi connectivity index (χ1) is 8.72. The molecule has 1 aliphatic carbocycles. The summed E-state index contributed by atoms with van der Waals surface area (Å²) in [5.74, 6) is 0. The number of fused-ring (bicyclic) bond motifs is 1. The summed E-state index contributed by atoms with van der Waals surface area (Å²) in [6.07, 6.45) is 2.32. The average Bonchev–Trinajstić information content (AvgIpc) is 2.74. The second-order valence-electron chi connectivity index (χ2n) is 5.35. The van der Waals surface area contributed by atoms with Crippen LogP contribution in [-0.4, -0.2) is 43.1 Å². The first-order valence-electron chi connectivity index (χ1n) is 6.70. The van der Waals surface area contributed by atoms with Crippen molar-refractivity contribution in [1.82, 2.24) is 15.3 Å². The van der Waals surface area contributed by atoms with Crippen LogP contribution in [0, 0.1) is 0 Å². The molecule has 98 valence electrons. The molecule has 1 heterocycles. The van der Waals surface area contributed by atoms with Crippen molar-refractivity contribution in [3.05, 3.63) is 34.3 Å². The molecule has 2 aliphatic rings. The van der Waals surface area contributed by atoms with Crippen LogP contribution in [0.4, 0.5) is 0 Å². The molecule has 0 bridgehead atoms. The van der Waals surface area contributed by atoms with Gasteiger partial charge in [-0.1, -0.05) is 17.7 Å². The Bertz CT molecular complexity index is 427. The Balaban J connectivity index is 1.66. The molecule has 1 unspecified atom stereocenters. The van der Waals surface area contributed by atoms with Gasteiger partial charge < -0.3 is 4.90 Å². The number of halogens is 1. The minimum absolute atomic E-state index is 0.473. The molecular weight excluding hydrogens is 246 g/mol. The Morgan fingerprint density at radius 2 is 2.00 bits per heavy atom. The number of rotatable bonds is 2. The number of aryl methyl sites for hydroxylation is 1. The summed E-state index contributed by atoms with van der Waals surface area (Å²) >= 11 is 6.04. The first-order valence-corrected chi connectivity index (χ1v) is 7.08. The fourth-order valence-electron chi connectivity index (χ4n) is 2.88. The molecule has 0 aromatic heterocycles. The summed E-state index contributed by atoms with van der Waals surface area (Å²) in [5.41, 5.74) is 6.52. The predicted octanol–water partition coefficient (Wildman–Crippen LogP) is 2.08. The Hall–Kier alpha value is -0.610. The van der Waals surface area contributed by atoms with Crippen LogP contribution in [0.2, 0.25) is 5.02 Å². The second-order valence-corrected chi connectivity index (χ2v) is 5.79. The fraction of sp³-hybridized carbons (Fsp3) is 0.571. The van der Waals surface area contributed by atoms with Crippen LogP contribution in [0.15, 0.2) is 18.2 Å². The Morgan fingerprint density at radius 3 is 2.78 bits per heavy atom. The number of hydrazine groups is 1. The molecule has 1 atom stereocenters. The highest BCUT2D eigenvalue weighted by atomic mass is 35.5. The van der Waals surface area contributed by atoms with Gasteiger partial charge in [0.2, 0.25) is 0 Å². The predicted molar refractivity (Wildman–Crippen MR) is 74.7 cm³/mol. The molecule has 1 N–H and O–H groups in total. The third kappa shape index (κ3) is 2.54. The van der Waals surface area contributed by atoms with Gasteiger partial charge in [0, 0.05) is 37.2 Å². The van der Waals surface area contributed by atoms with Crippen molar-refractivity contribution in [2.45, 2.75) is 18.9 Å². The molecule has 18 heavy (non-hydrogen) atoms. The van der Waals surface area contributed by atoms with Gasteiger partial charge in [-0.3, -0.25) is 0 Å². The van der Waals surface area contributed by atoms with Gasteiger partial charge in [-0.25, -0.2) is 10.4 Å². The van der Waals surface area contributed by atoms with E-state index >= 15 is 0 Å². The molecule has 3 rings (SSSR count). The van der Waals surface area contributed by atoms with Crippen LogP contribution in [0.3, 0.4) is 0 Å². The maximum atomic E-state index is 6.04. The number of hydrogen-bond acceptors (Lipinski definition) is 3. The zero-order valence-corrected chi connectivity index (χ0v) is 11.6. The summed E-state index contributed by atoms with van der Waals surface area (Å²) in [7, 11) is 2.18. The first kappa shape index (κ1) is 12.4. The highest BCUT2D eigenvalue weighted by molar-refractivity contribution is 6.30. The van der Waals surface area contributed by atoms with E-state index in [9.17, 15) is 0 Å². The molecule has 1 aliphatic heterocycles. The van der Waals surface area contributed by atoms with E-state index in [1.54, 1.807) is 0 Å². The highest BCUT2D eigenvalue weighted by Gasteiger charge is 2.25. The number of likely N-dealkylation sites (N-methyl/N-ethyl adjacent to an activating group) is 1. The lowest BCUT2D eigenvalue weighted by Gasteiger charge is -2.34. The van der Waals surface area contributed by atoms with Gasteiger partial charge >= 0.3 is 0 Å². The third-order valence-electron chi connectivity index (χ3n) is 4.02. The van der Waals surface area contributed by atoms with E-state index in [-0.39, 0.29) is 0 Å². The normalized spacial score (nSPS) is 25.3. The second kappa shape index (κ2) is 5.17. The molecule has 0 saturated carbocycles. The molecule has 3 nitrogen and oxygen atoms in total. The molecule has 0 spiro atoms. The maximum absolute atomic E-state index is 6.04. The summed E-state index contributed by atoms with van der Waals surface area (Å²) in [4.78, 5) is 2.38. The van der Waals surface area contributed by atoms with Crippen LogP contribution < -0.4 is 5.43 Å². The van der Waals surface area contributed by atoms with Crippen LogP contribution >= 0.6 is 11.6 Å². The third-order valence-corrected chi connectivity index (χ3v) is 4.26. The zero-order chi connectivity index (χ0) is 12.5. The van der Waals surface area contributed by atoms with Gasteiger partial charge in [0.05, 0.1) is 0 Å². The van der Waals surface area contributed by atoms with Crippen LogP contribution in [0.1, 0.15) is 23.6 Å². The van der Waals surface area contributed by atoms with E-state index in [4.69, 9.17) is 11.6 Å². The smallest absolute Gasteiger partial charge is 0.0470 e. The van der Waals surface area contributed by atoms with E-state index in [1.807, 2.05) is 6.07 Å². The topological polar surface area (TPSA) is 18.5 Å². The van der Waals surface area contributed by atoms with E-state index in [2.05, 4.69) is 34.5 Å². The number of benzene rings is 1. The van der Waals surface area contributed by atoms with Crippen LogP contribution in [-0.2, 0) is 6.42 Å². The Labute approximate surface area is 114 Å². The fourth-order valence-corrected chi connectivity index (χ4v) is 3.07. The Morgan fingerprint density at radius 1 is 1.22 bits per heavy atom. The van der Waals surface area contributed by atoms with Crippen molar-refractivity contribution >= 4 is 11.6 Å². The maximum Gasteiger partial charge on any atom is 0.0470 e. The van der Waals surface area contributed by atoms with Crippen molar-refractivity contribution in [3.8, 4) is 0 Å². The SMILES string of the molecule is CN1CCN(NC2CCc3cc(Cl)ccc32)CC1. The van der Waals surface area contributed by atoms with Crippen molar-refractivity contribution in [3.63, 3.8) is 0 Å². The summed E-state index contributed by atoms with van der Waals surface area (Å²) < 4.78 is 0. The van der Waals surface area contributed by atoms with Gasteiger partial charge in [-0.2, -0.15) is 0 Å². The molecule has 1 aromatic carbocycles. The van der Waals surface area contributed by atoms with E-state index in [1.165, 1.54) is 17.5 Å². The van der Waals surface area contributed by atoms with Gasteiger partial charge in [-0.05, 0) is 43.1 Å². The van der Waals surface area contributed by atoms with Crippen LogP contribution in [0.5, 0.6) is 0 Å². The zero-order valence-electron chi connectivity index (χ0n) is 10.8. The highest BCUT2D eigenvalue weighted by Crippen LogP contribution is 2.33. The molecule has 0 amide bonds. The van der Waals surface area contributed by atoms with Crippen molar-refractivity contribution < 1.29 is 0 Å². The van der Waals surface area contributed by atoms with Gasteiger partial charge in [-0.15, -0.1) is 0 Å². The summed E-state index contributed by atoms with van der Waals surface area (Å²) in [5, 5.41) is 3.22. The molecular formula is C14H20ClN3. The monoisotopic (exact) mass is 265 g/mol. The number of nitrogens with one attached hydrogen (secondary N) is 1. The molecule has 0 radical (unpaired) electrons. The van der Waals surface area contributed by atoms with Crippen LogP contribution in [0.25, 0.3) is 0 Å². The van der Waals surface area contributed by atoms with E-state index in [0.717, 1.165) is 37.6 Å². The van der Waals surface area contributed by atoms with Crippen molar-refractivity contribution in [1.29, 1.82) is 0 Å². The van der Waals surface area contributed by atoms with E-state index in [0.29, 0.717) is 6.04 Å². The number of hydrogen-bond donors (Lipinski definition) is 1. The van der Waals surface area contributed by atoms with Crippen molar-refractivity contribution in [2.75, 3.05) is 33.2 Å². The summed E-state index contributed by atoms with van der Waals surface area (Å²) in [6.45, 7) is 4.51. The lowest BCUT2D eigenvalue weighted by Crippen LogP contribution is -2.51. The average molecular weight is 266 g/mol. The molecule has 1 fully saturated rings.